The van der Waals surface area contributed by atoms with E-state index in [1.165, 1.54) is 21.0 Å². The van der Waals surface area contributed by atoms with Crippen molar-refractivity contribution in [2.45, 2.75) is 45.3 Å². The first kappa shape index (κ1) is 26.3. The van der Waals surface area contributed by atoms with E-state index in [1.54, 1.807) is 13.8 Å². The van der Waals surface area contributed by atoms with Gasteiger partial charge in [-0.25, -0.2) is 8.78 Å². The second-order valence-corrected chi connectivity index (χ2v) is 9.11. The van der Waals surface area contributed by atoms with Crippen LogP contribution in [0.3, 0.4) is 0 Å². The summed E-state index contributed by atoms with van der Waals surface area (Å²) in [5.41, 5.74) is -3.66. The number of benzene rings is 1. The molecule has 0 bridgehead atoms. The van der Waals surface area contributed by atoms with Crippen molar-refractivity contribution in [2.24, 2.45) is 0 Å². The van der Waals surface area contributed by atoms with Gasteiger partial charge in [-0.3, -0.25) is 14.7 Å². The van der Waals surface area contributed by atoms with Crippen LogP contribution in [0.5, 0.6) is 0 Å². The van der Waals surface area contributed by atoms with Crippen LogP contribution in [0.4, 0.5) is 22.0 Å². The van der Waals surface area contributed by atoms with E-state index in [0.29, 0.717) is 6.07 Å². The molecular formula is C23H25F5N4O3. The molecule has 0 spiro atoms. The standard InChI is InChI=1S/C23H25F5N4O3/c1-11(2)29-20(33)16-15(9-35-5)32(21(34)12-6-7-13(24)14(25)8-12)10-22(3,4)17-18(16)30-31-19(17)23(26,27)28/h6-8,11H,9-10H2,1-5H3,(H,29,33)(H,30,31). The number of ether oxygens (including phenoxy) is 1. The van der Waals surface area contributed by atoms with E-state index in [-0.39, 0.29) is 47.3 Å². The molecule has 7 nitrogen and oxygen atoms in total. The summed E-state index contributed by atoms with van der Waals surface area (Å²) in [5.74, 6) is -4.04. The lowest BCUT2D eigenvalue weighted by Gasteiger charge is -2.32. The molecule has 1 aliphatic rings. The number of carbonyl (C=O) groups is 2. The van der Waals surface area contributed by atoms with Crippen LogP contribution in [0, 0.1) is 11.6 Å². The second kappa shape index (κ2) is 9.40. The van der Waals surface area contributed by atoms with Crippen LogP contribution >= 0.6 is 0 Å². The Morgan fingerprint density at radius 1 is 1.23 bits per heavy atom. The van der Waals surface area contributed by atoms with Gasteiger partial charge in [-0.1, -0.05) is 13.8 Å². The number of rotatable bonds is 5. The molecule has 1 aliphatic heterocycles. The van der Waals surface area contributed by atoms with Gasteiger partial charge in [-0.15, -0.1) is 0 Å². The summed E-state index contributed by atoms with van der Waals surface area (Å²) >= 11 is 0. The maximum atomic E-state index is 13.9. The number of halogens is 5. The summed E-state index contributed by atoms with van der Waals surface area (Å²) in [6.07, 6.45) is -4.85. The van der Waals surface area contributed by atoms with Crippen molar-refractivity contribution in [1.29, 1.82) is 0 Å². The molecule has 0 fully saturated rings. The average molecular weight is 500 g/mol. The van der Waals surface area contributed by atoms with Gasteiger partial charge in [-0.05, 0) is 32.0 Å². The fourth-order valence-electron chi connectivity index (χ4n) is 4.08. The highest BCUT2D eigenvalue weighted by atomic mass is 19.4. The molecule has 1 aromatic heterocycles. The number of amides is 2. The summed E-state index contributed by atoms with van der Waals surface area (Å²) in [4.78, 5) is 27.9. The normalized spacial score (nSPS) is 15.8. The first-order valence-corrected chi connectivity index (χ1v) is 10.6. The predicted octanol–water partition coefficient (Wildman–Crippen LogP) is 4.02. The Morgan fingerprint density at radius 2 is 1.89 bits per heavy atom. The number of alkyl halides is 3. The first-order valence-electron chi connectivity index (χ1n) is 10.6. The van der Waals surface area contributed by atoms with Crippen molar-refractivity contribution in [3.05, 3.63) is 58.0 Å². The summed E-state index contributed by atoms with van der Waals surface area (Å²) in [5, 5.41) is 8.44. The molecule has 3 rings (SSSR count). The molecule has 0 unspecified atom stereocenters. The van der Waals surface area contributed by atoms with Gasteiger partial charge in [0.15, 0.2) is 17.3 Å². The predicted molar refractivity (Wildman–Crippen MR) is 116 cm³/mol. The zero-order valence-corrected chi connectivity index (χ0v) is 19.7. The molecule has 35 heavy (non-hydrogen) atoms. The van der Waals surface area contributed by atoms with E-state index in [2.05, 4.69) is 15.5 Å². The van der Waals surface area contributed by atoms with Crippen molar-refractivity contribution in [3.63, 3.8) is 0 Å². The molecule has 0 radical (unpaired) electrons. The lowest BCUT2D eigenvalue weighted by atomic mass is 9.81. The van der Waals surface area contributed by atoms with Gasteiger partial charge in [0, 0.05) is 36.2 Å². The molecule has 2 N–H and O–H groups in total. The van der Waals surface area contributed by atoms with Crippen LogP contribution in [0.1, 0.15) is 55.0 Å². The van der Waals surface area contributed by atoms with E-state index >= 15 is 0 Å². The van der Waals surface area contributed by atoms with Crippen LogP contribution in [0.25, 0.3) is 5.57 Å². The number of nitrogens with zero attached hydrogens (tertiary/aromatic N) is 2. The number of fused-ring (bicyclic) bond motifs is 1. The number of methoxy groups -OCH3 is 1. The Kier molecular flexibility index (Phi) is 7.07. The smallest absolute Gasteiger partial charge is 0.378 e. The minimum atomic E-state index is -4.85. The summed E-state index contributed by atoms with van der Waals surface area (Å²) in [6, 6.07) is 2.12. The van der Waals surface area contributed by atoms with Crippen LogP contribution in [-0.4, -0.2) is 53.2 Å². The van der Waals surface area contributed by atoms with Gasteiger partial charge in [0.1, 0.15) is 0 Å². The van der Waals surface area contributed by atoms with Gasteiger partial charge in [-0.2, -0.15) is 18.3 Å². The van der Waals surface area contributed by atoms with Gasteiger partial charge >= 0.3 is 6.18 Å². The van der Waals surface area contributed by atoms with E-state index < -0.39 is 40.7 Å². The molecule has 190 valence electrons. The van der Waals surface area contributed by atoms with Crippen molar-refractivity contribution in [2.75, 3.05) is 20.3 Å². The van der Waals surface area contributed by atoms with Crippen LogP contribution < -0.4 is 5.32 Å². The fourth-order valence-corrected chi connectivity index (χ4v) is 4.08. The molecule has 1 aromatic carbocycles. The van der Waals surface area contributed by atoms with Gasteiger partial charge < -0.3 is 15.0 Å². The Morgan fingerprint density at radius 3 is 2.43 bits per heavy atom. The summed E-state index contributed by atoms with van der Waals surface area (Å²) < 4.78 is 74.3. The molecule has 0 saturated carbocycles. The van der Waals surface area contributed by atoms with Crippen LogP contribution in [0.2, 0.25) is 0 Å². The fraction of sp³-hybridized carbons (Fsp3) is 0.435. The van der Waals surface area contributed by atoms with Crippen LogP contribution in [-0.2, 0) is 21.1 Å². The minimum Gasteiger partial charge on any atom is -0.378 e. The maximum Gasteiger partial charge on any atom is 0.435 e. The summed E-state index contributed by atoms with van der Waals surface area (Å²) in [7, 11) is 1.29. The highest BCUT2D eigenvalue weighted by molar-refractivity contribution is 6.21. The zero-order chi connectivity index (χ0) is 26.3. The number of H-pyrrole nitrogens is 1. The van der Waals surface area contributed by atoms with Crippen molar-refractivity contribution >= 4 is 17.4 Å². The molecular weight excluding hydrogens is 475 g/mol. The Labute approximate surface area is 198 Å². The lowest BCUT2D eigenvalue weighted by molar-refractivity contribution is -0.142. The second-order valence-electron chi connectivity index (χ2n) is 9.11. The highest BCUT2D eigenvalue weighted by Gasteiger charge is 2.47. The minimum absolute atomic E-state index is 0.0513. The number of nitrogens with one attached hydrogen (secondary N) is 2. The third-order valence-electron chi connectivity index (χ3n) is 5.47. The summed E-state index contributed by atoms with van der Waals surface area (Å²) in [6.45, 7) is 5.58. The van der Waals surface area contributed by atoms with E-state index in [9.17, 15) is 31.5 Å². The molecule has 2 aromatic rings. The molecule has 2 amide bonds. The van der Waals surface area contributed by atoms with Crippen LogP contribution in [0.15, 0.2) is 23.9 Å². The van der Waals surface area contributed by atoms with E-state index in [0.717, 1.165) is 17.0 Å². The SMILES string of the molecule is COCC1=C(C(=O)NC(C)C)c2[nH]nc(C(F)(F)F)c2C(C)(C)CN1C(=O)c1ccc(F)c(F)c1. The molecule has 0 aliphatic carbocycles. The quantitative estimate of drug-likeness (QED) is 0.608. The molecule has 0 saturated heterocycles. The number of aromatic amines is 1. The van der Waals surface area contributed by atoms with Crippen molar-refractivity contribution in [1.82, 2.24) is 20.4 Å². The highest BCUT2D eigenvalue weighted by Crippen LogP contribution is 2.44. The Hall–Kier alpha value is -3.28. The Bertz CT molecular complexity index is 1180. The maximum absolute atomic E-state index is 13.9. The van der Waals surface area contributed by atoms with Gasteiger partial charge in [0.2, 0.25) is 0 Å². The van der Waals surface area contributed by atoms with Crippen molar-refractivity contribution < 1.29 is 36.3 Å². The van der Waals surface area contributed by atoms with Gasteiger partial charge in [0.05, 0.1) is 23.6 Å². The molecule has 0 atom stereocenters. The lowest BCUT2D eigenvalue weighted by Crippen LogP contribution is -2.41. The monoisotopic (exact) mass is 500 g/mol. The topological polar surface area (TPSA) is 87.3 Å². The van der Waals surface area contributed by atoms with E-state index in [1.807, 2.05) is 0 Å². The molecule has 12 heteroatoms. The number of carbonyl (C=O) groups excluding carboxylic acids is 2. The zero-order valence-electron chi connectivity index (χ0n) is 19.7. The Balaban J connectivity index is 2.33. The van der Waals surface area contributed by atoms with E-state index in [4.69, 9.17) is 4.74 Å². The van der Waals surface area contributed by atoms with Gasteiger partial charge in [0.25, 0.3) is 11.8 Å². The average Bonchev–Trinajstić information content (AvgIpc) is 3.16. The third-order valence-corrected chi connectivity index (χ3v) is 5.47. The number of hydrogen-bond donors (Lipinski definition) is 2. The number of hydrogen-bond acceptors (Lipinski definition) is 4. The third kappa shape index (κ3) is 5.07. The largest absolute Gasteiger partial charge is 0.435 e. The van der Waals surface area contributed by atoms with Crippen molar-refractivity contribution in [3.8, 4) is 0 Å². The number of aromatic nitrogens is 2. The first-order chi connectivity index (χ1) is 16.2. The molecule has 2 heterocycles.